The van der Waals surface area contributed by atoms with Gasteiger partial charge < -0.3 is 4.90 Å². The van der Waals surface area contributed by atoms with E-state index in [1.807, 2.05) is 18.2 Å². The Balaban J connectivity index is 1.43. The molecule has 8 nitrogen and oxygen atoms in total. The van der Waals surface area contributed by atoms with Gasteiger partial charge in [0.05, 0.1) is 16.8 Å². The van der Waals surface area contributed by atoms with E-state index in [1.54, 1.807) is 36.1 Å². The number of imidazole rings is 1. The van der Waals surface area contributed by atoms with Crippen molar-refractivity contribution >= 4 is 33.0 Å². The summed E-state index contributed by atoms with van der Waals surface area (Å²) in [6.45, 7) is 5.00. The zero-order valence-corrected chi connectivity index (χ0v) is 20.2. The molecule has 0 radical (unpaired) electrons. The minimum absolute atomic E-state index is 0.129. The molecule has 2 aromatic carbocycles. The molecule has 0 spiro atoms. The average Bonchev–Trinajstić information content (AvgIpc) is 3.12. The van der Waals surface area contributed by atoms with E-state index < -0.39 is 15.7 Å². The Kier molecular flexibility index (Phi) is 7.33. The van der Waals surface area contributed by atoms with Crippen LogP contribution in [0, 0.1) is 0 Å². The monoisotopic (exact) mass is 482 g/mol. The van der Waals surface area contributed by atoms with Crippen molar-refractivity contribution in [1.82, 2.24) is 18.3 Å². The van der Waals surface area contributed by atoms with Gasteiger partial charge in [0.25, 0.3) is 0 Å². The first kappa shape index (κ1) is 24.0. The third kappa shape index (κ3) is 5.15. The SMILES string of the molecule is CCCS(=O)(=O)n1c(=O)n(CC(=O)N2CCN(C/C=C/c3ccccc3)CC2)c2ccccc21. The van der Waals surface area contributed by atoms with Crippen molar-refractivity contribution in [3.63, 3.8) is 0 Å². The summed E-state index contributed by atoms with van der Waals surface area (Å²) in [7, 11) is -3.80. The molecule has 0 unspecified atom stereocenters. The van der Waals surface area contributed by atoms with Crippen LogP contribution in [0.2, 0.25) is 0 Å². The second-order valence-corrected chi connectivity index (χ2v) is 10.4. The van der Waals surface area contributed by atoms with E-state index in [9.17, 15) is 18.0 Å². The molecule has 3 aromatic rings. The van der Waals surface area contributed by atoms with E-state index in [4.69, 9.17) is 0 Å². The van der Waals surface area contributed by atoms with E-state index >= 15 is 0 Å². The van der Waals surface area contributed by atoms with Gasteiger partial charge in [0.1, 0.15) is 6.54 Å². The first-order valence-corrected chi connectivity index (χ1v) is 13.2. The number of para-hydroxylation sites is 2. The molecule has 2 heterocycles. The first-order chi connectivity index (χ1) is 16.4. The van der Waals surface area contributed by atoms with Crippen molar-refractivity contribution in [2.75, 3.05) is 38.5 Å². The van der Waals surface area contributed by atoms with Crippen LogP contribution in [0.3, 0.4) is 0 Å². The van der Waals surface area contributed by atoms with Gasteiger partial charge in [0, 0.05) is 32.7 Å². The van der Waals surface area contributed by atoms with Crippen molar-refractivity contribution in [1.29, 1.82) is 0 Å². The van der Waals surface area contributed by atoms with Crippen molar-refractivity contribution in [3.05, 3.63) is 76.7 Å². The van der Waals surface area contributed by atoms with Crippen molar-refractivity contribution in [3.8, 4) is 0 Å². The van der Waals surface area contributed by atoms with Gasteiger partial charge in [0.2, 0.25) is 15.9 Å². The Hall–Kier alpha value is -3.17. The quantitative estimate of drug-likeness (QED) is 0.492. The number of benzene rings is 2. The van der Waals surface area contributed by atoms with Gasteiger partial charge in [-0.05, 0) is 24.1 Å². The summed E-state index contributed by atoms with van der Waals surface area (Å²) in [5.41, 5.74) is 1.23. The Morgan fingerprint density at radius 1 is 0.941 bits per heavy atom. The van der Waals surface area contributed by atoms with Crippen LogP contribution >= 0.6 is 0 Å². The normalized spacial score (nSPS) is 15.4. The van der Waals surface area contributed by atoms with Crippen molar-refractivity contribution in [2.24, 2.45) is 0 Å². The first-order valence-electron chi connectivity index (χ1n) is 11.6. The molecule has 1 aliphatic heterocycles. The molecule has 34 heavy (non-hydrogen) atoms. The fourth-order valence-electron chi connectivity index (χ4n) is 4.27. The highest BCUT2D eigenvalue weighted by molar-refractivity contribution is 7.90. The Morgan fingerprint density at radius 2 is 1.59 bits per heavy atom. The van der Waals surface area contributed by atoms with Gasteiger partial charge in [-0.1, -0.05) is 61.5 Å². The Morgan fingerprint density at radius 3 is 2.26 bits per heavy atom. The highest BCUT2D eigenvalue weighted by Crippen LogP contribution is 2.16. The molecule has 0 aliphatic carbocycles. The molecule has 0 atom stereocenters. The van der Waals surface area contributed by atoms with Crippen LogP contribution in [0.4, 0.5) is 0 Å². The maximum atomic E-state index is 13.1. The maximum Gasteiger partial charge on any atom is 0.343 e. The molecular formula is C25H30N4O4S. The summed E-state index contributed by atoms with van der Waals surface area (Å²) in [6, 6.07) is 16.8. The Bertz CT molecular complexity index is 1330. The van der Waals surface area contributed by atoms with Crippen LogP contribution in [0.25, 0.3) is 17.1 Å². The average molecular weight is 483 g/mol. The van der Waals surface area contributed by atoms with Crippen molar-refractivity contribution in [2.45, 2.75) is 19.9 Å². The van der Waals surface area contributed by atoms with Gasteiger partial charge in [-0.25, -0.2) is 13.2 Å². The van der Waals surface area contributed by atoms with Crippen LogP contribution in [-0.4, -0.2) is 71.1 Å². The predicted octanol–water partition coefficient (Wildman–Crippen LogP) is 2.25. The molecule has 180 valence electrons. The molecule has 0 bridgehead atoms. The lowest BCUT2D eigenvalue weighted by molar-refractivity contribution is -0.133. The number of hydrogen-bond donors (Lipinski definition) is 0. The number of carbonyl (C=O) groups excluding carboxylic acids is 1. The second kappa shape index (κ2) is 10.4. The van der Waals surface area contributed by atoms with Gasteiger partial charge in [-0.2, -0.15) is 3.97 Å². The lowest BCUT2D eigenvalue weighted by Gasteiger charge is -2.34. The second-order valence-electron chi connectivity index (χ2n) is 8.43. The van der Waals surface area contributed by atoms with E-state index in [-0.39, 0.29) is 18.2 Å². The lowest BCUT2D eigenvalue weighted by Crippen LogP contribution is -2.50. The topological polar surface area (TPSA) is 84.6 Å². The standard InChI is InChI=1S/C25H30N4O4S/c1-2-19-34(32,33)29-23-13-7-6-12-22(23)28(25(29)31)20-24(30)27-17-15-26(16-18-27)14-8-11-21-9-4-3-5-10-21/h3-13H,2,14-20H2,1H3/b11-8+. The molecule has 0 N–H and O–H groups in total. The fraction of sp³-hybridized carbons (Fsp3) is 0.360. The molecule has 1 aliphatic rings. The summed E-state index contributed by atoms with van der Waals surface area (Å²) >= 11 is 0. The molecule has 0 saturated carbocycles. The van der Waals surface area contributed by atoms with Crippen LogP contribution in [0.5, 0.6) is 0 Å². The lowest BCUT2D eigenvalue weighted by atomic mass is 10.2. The van der Waals surface area contributed by atoms with Crippen LogP contribution in [-0.2, 0) is 21.4 Å². The van der Waals surface area contributed by atoms with Gasteiger partial charge in [-0.3, -0.25) is 14.3 Å². The zero-order valence-electron chi connectivity index (χ0n) is 19.3. The van der Waals surface area contributed by atoms with Crippen LogP contribution in [0.15, 0.2) is 65.5 Å². The molecule has 1 amide bonds. The van der Waals surface area contributed by atoms with Crippen LogP contribution < -0.4 is 5.69 Å². The number of hydrogen-bond acceptors (Lipinski definition) is 5. The summed E-state index contributed by atoms with van der Waals surface area (Å²) in [5, 5.41) is 0. The zero-order chi connectivity index (χ0) is 24.1. The highest BCUT2D eigenvalue weighted by Gasteiger charge is 2.26. The Labute approximate surface area is 199 Å². The maximum absolute atomic E-state index is 13.1. The number of nitrogens with zero attached hydrogens (tertiary/aromatic N) is 4. The molecule has 1 aromatic heterocycles. The van der Waals surface area contributed by atoms with Gasteiger partial charge in [0.15, 0.2) is 0 Å². The molecule has 9 heteroatoms. The van der Waals surface area contributed by atoms with E-state index in [1.165, 1.54) is 4.57 Å². The van der Waals surface area contributed by atoms with E-state index in [0.29, 0.717) is 30.5 Å². The van der Waals surface area contributed by atoms with Gasteiger partial charge >= 0.3 is 5.69 Å². The van der Waals surface area contributed by atoms with Gasteiger partial charge in [-0.15, -0.1) is 0 Å². The summed E-state index contributed by atoms with van der Waals surface area (Å²) in [5.74, 6) is -0.312. The number of rotatable bonds is 8. The molecule has 1 fully saturated rings. The smallest absolute Gasteiger partial charge is 0.339 e. The van der Waals surface area contributed by atoms with E-state index in [0.717, 1.165) is 29.2 Å². The third-order valence-electron chi connectivity index (χ3n) is 6.03. The summed E-state index contributed by atoms with van der Waals surface area (Å²) in [6.07, 6.45) is 4.61. The van der Waals surface area contributed by atoms with Crippen molar-refractivity contribution < 1.29 is 13.2 Å². The summed E-state index contributed by atoms with van der Waals surface area (Å²) < 4.78 is 27.6. The molecule has 4 rings (SSSR count). The largest absolute Gasteiger partial charge is 0.343 e. The number of carbonyl (C=O) groups is 1. The van der Waals surface area contributed by atoms with Crippen LogP contribution in [0.1, 0.15) is 18.9 Å². The number of fused-ring (bicyclic) bond motifs is 1. The minimum atomic E-state index is -3.80. The predicted molar refractivity (Wildman–Crippen MR) is 134 cm³/mol. The molecular weight excluding hydrogens is 452 g/mol. The number of amides is 1. The number of piperazine rings is 1. The highest BCUT2D eigenvalue weighted by atomic mass is 32.2. The summed E-state index contributed by atoms with van der Waals surface area (Å²) in [4.78, 5) is 30.1. The fourth-order valence-corrected chi connectivity index (χ4v) is 5.76. The number of aromatic nitrogens is 2. The molecule has 1 saturated heterocycles. The minimum Gasteiger partial charge on any atom is -0.339 e. The van der Waals surface area contributed by atoms with E-state index in [2.05, 4.69) is 29.2 Å². The third-order valence-corrected chi connectivity index (χ3v) is 7.86.